The third-order valence-corrected chi connectivity index (χ3v) is 3.51. The van der Waals surface area contributed by atoms with E-state index in [1.54, 1.807) is 7.11 Å². The Morgan fingerprint density at radius 1 is 1.45 bits per heavy atom. The molecule has 3 nitrogen and oxygen atoms in total. The first-order valence-electron chi connectivity index (χ1n) is 7.31. The summed E-state index contributed by atoms with van der Waals surface area (Å²) in [6, 6.07) is 3.98. The molecule has 1 atom stereocenters. The van der Waals surface area contributed by atoms with Crippen LogP contribution >= 0.6 is 0 Å². The van der Waals surface area contributed by atoms with Crippen molar-refractivity contribution in [2.75, 3.05) is 13.7 Å². The number of hydrogen-bond donors (Lipinski definition) is 2. The minimum Gasteiger partial charge on any atom is -0.508 e. The number of rotatable bonds is 5. The Hall–Kier alpha value is -1.32. The van der Waals surface area contributed by atoms with E-state index in [0.717, 1.165) is 38.7 Å². The van der Waals surface area contributed by atoms with Gasteiger partial charge in [-0.25, -0.2) is 0 Å². The highest BCUT2D eigenvalue weighted by molar-refractivity contribution is 5.45. The number of fused-ring (bicyclic) bond motifs is 1. The van der Waals surface area contributed by atoms with E-state index in [1.807, 2.05) is 25.1 Å². The number of phenolic OH excluding ortho intramolecular Hbond substituents is 1. The molecule has 112 valence electrons. The second kappa shape index (κ2) is 8.77. The van der Waals surface area contributed by atoms with E-state index in [2.05, 4.69) is 11.3 Å². The fourth-order valence-corrected chi connectivity index (χ4v) is 2.50. The van der Waals surface area contributed by atoms with Gasteiger partial charge >= 0.3 is 0 Å². The molecule has 3 heteroatoms. The summed E-state index contributed by atoms with van der Waals surface area (Å²) in [7, 11) is 1.68. The molecule has 0 saturated carbocycles. The molecule has 0 aliphatic heterocycles. The number of phenols is 1. The average Bonchev–Trinajstić information content (AvgIpc) is 2.79. The van der Waals surface area contributed by atoms with Crippen molar-refractivity contribution in [1.29, 1.82) is 0 Å². The van der Waals surface area contributed by atoms with Crippen LogP contribution < -0.4 is 5.73 Å². The van der Waals surface area contributed by atoms with Crippen LogP contribution in [-0.4, -0.2) is 24.9 Å². The molecule has 0 aromatic heterocycles. The number of nitrogens with two attached hydrogens (primary N) is 1. The lowest BCUT2D eigenvalue weighted by atomic mass is 9.98. The van der Waals surface area contributed by atoms with Gasteiger partial charge in [-0.15, -0.1) is 6.58 Å². The van der Waals surface area contributed by atoms with Crippen molar-refractivity contribution >= 4 is 0 Å². The quantitative estimate of drug-likeness (QED) is 0.642. The molecule has 1 aromatic carbocycles. The van der Waals surface area contributed by atoms with Gasteiger partial charge in [0.25, 0.3) is 0 Å². The first-order chi connectivity index (χ1) is 9.62. The summed E-state index contributed by atoms with van der Waals surface area (Å²) in [5, 5.41) is 9.66. The zero-order chi connectivity index (χ0) is 15.0. The van der Waals surface area contributed by atoms with E-state index >= 15 is 0 Å². The van der Waals surface area contributed by atoms with Gasteiger partial charge in [-0.05, 0) is 67.9 Å². The standard InChI is InChI=1S/C14H19NO.C3H8O/c1-2-3-4-5-10-7-13(16)8-11-6-12(15)9-14(10)11;1-3-4-2/h2,7-8,12,16H,1,3-6,9,15H2;3H2,1-2H3. The van der Waals surface area contributed by atoms with Gasteiger partial charge in [0.2, 0.25) is 0 Å². The molecule has 0 radical (unpaired) electrons. The third-order valence-electron chi connectivity index (χ3n) is 3.51. The van der Waals surface area contributed by atoms with Crippen molar-refractivity contribution < 1.29 is 9.84 Å². The summed E-state index contributed by atoms with van der Waals surface area (Å²) in [6.45, 7) is 6.50. The number of allylic oxidation sites excluding steroid dienone is 1. The summed E-state index contributed by atoms with van der Waals surface area (Å²) in [6.07, 6.45) is 6.92. The maximum absolute atomic E-state index is 9.66. The second-order valence-electron chi connectivity index (χ2n) is 5.17. The van der Waals surface area contributed by atoms with Gasteiger partial charge in [0, 0.05) is 19.8 Å². The van der Waals surface area contributed by atoms with Gasteiger partial charge in [0.1, 0.15) is 5.75 Å². The largest absolute Gasteiger partial charge is 0.508 e. The number of hydrogen-bond acceptors (Lipinski definition) is 3. The number of benzene rings is 1. The van der Waals surface area contributed by atoms with Crippen molar-refractivity contribution in [1.82, 2.24) is 0 Å². The molecule has 20 heavy (non-hydrogen) atoms. The van der Waals surface area contributed by atoms with Crippen molar-refractivity contribution in [2.24, 2.45) is 5.73 Å². The molecule has 1 unspecified atom stereocenters. The fraction of sp³-hybridized carbons (Fsp3) is 0.529. The lowest BCUT2D eigenvalue weighted by Crippen LogP contribution is -2.19. The fourth-order valence-electron chi connectivity index (χ4n) is 2.50. The first kappa shape index (κ1) is 16.7. The summed E-state index contributed by atoms with van der Waals surface area (Å²) in [4.78, 5) is 0. The predicted octanol–water partition coefficient (Wildman–Crippen LogP) is 2.98. The lowest BCUT2D eigenvalue weighted by Gasteiger charge is -2.08. The summed E-state index contributed by atoms with van der Waals surface area (Å²) in [5.41, 5.74) is 9.84. The molecule has 0 bridgehead atoms. The first-order valence-corrected chi connectivity index (χ1v) is 7.31. The molecule has 0 amide bonds. The van der Waals surface area contributed by atoms with Gasteiger partial charge < -0.3 is 15.6 Å². The van der Waals surface area contributed by atoms with E-state index in [9.17, 15) is 5.11 Å². The van der Waals surface area contributed by atoms with Gasteiger partial charge in [-0.3, -0.25) is 0 Å². The van der Waals surface area contributed by atoms with Gasteiger partial charge in [0.15, 0.2) is 0 Å². The highest BCUT2D eigenvalue weighted by atomic mass is 16.5. The highest BCUT2D eigenvalue weighted by Crippen LogP contribution is 2.30. The van der Waals surface area contributed by atoms with Crippen molar-refractivity contribution in [2.45, 2.75) is 45.1 Å². The van der Waals surface area contributed by atoms with E-state index in [0.29, 0.717) is 5.75 Å². The summed E-state index contributed by atoms with van der Waals surface area (Å²) in [5.74, 6) is 0.376. The Morgan fingerprint density at radius 3 is 2.75 bits per heavy atom. The minimum atomic E-state index is 0.231. The molecule has 1 aromatic rings. The van der Waals surface area contributed by atoms with Crippen LogP contribution in [0, 0.1) is 0 Å². The number of unbranched alkanes of at least 4 members (excludes halogenated alkanes) is 1. The predicted molar refractivity (Wildman–Crippen MR) is 84.2 cm³/mol. The van der Waals surface area contributed by atoms with Gasteiger partial charge in [0.05, 0.1) is 0 Å². The van der Waals surface area contributed by atoms with Crippen LogP contribution in [-0.2, 0) is 24.0 Å². The molecule has 1 aliphatic rings. The summed E-state index contributed by atoms with van der Waals surface area (Å²) < 4.78 is 4.54. The maximum Gasteiger partial charge on any atom is 0.116 e. The van der Waals surface area contributed by atoms with Crippen LogP contribution in [0.2, 0.25) is 0 Å². The Labute approximate surface area is 122 Å². The Morgan fingerprint density at radius 2 is 2.15 bits per heavy atom. The van der Waals surface area contributed by atoms with Crippen LogP contribution in [0.5, 0.6) is 5.75 Å². The number of aromatic hydroxyl groups is 1. The Kier molecular flexibility index (Phi) is 7.34. The molecular formula is C17H27NO2. The zero-order valence-corrected chi connectivity index (χ0v) is 12.7. The second-order valence-corrected chi connectivity index (χ2v) is 5.17. The normalized spacial score (nSPS) is 16.2. The van der Waals surface area contributed by atoms with Gasteiger partial charge in [-0.2, -0.15) is 0 Å². The molecule has 0 saturated heterocycles. The zero-order valence-electron chi connectivity index (χ0n) is 12.7. The molecule has 1 aliphatic carbocycles. The van der Waals surface area contributed by atoms with Crippen molar-refractivity contribution in [3.05, 3.63) is 41.5 Å². The van der Waals surface area contributed by atoms with Gasteiger partial charge in [-0.1, -0.05) is 6.08 Å². The van der Waals surface area contributed by atoms with Crippen LogP contribution in [0.4, 0.5) is 0 Å². The minimum absolute atomic E-state index is 0.231. The van der Waals surface area contributed by atoms with E-state index < -0.39 is 0 Å². The number of aryl methyl sites for hydroxylation is 1. The van der Waals surface area contributed by atoms with Crippen LogP contribution in [0.1, 0.15) is 36.5 Å². The topological polar surface area (TPSA) is 55.5 Å². The van der Waals surface area contributed by atoms with E-state index in [4.69, 9.17) is 5.73 Å². The Balaban J connectivity index is 0.000000444. The molecule has 3 N–H and O–H groups in total. The summed E-state index contributed by atoms with van der Waals surface area (Å²) >= 11 is 0. The lowest BCUT2D eigenvalue weighted by molar-refractivity contribution is 0.215. The van der Waals surface area contributed by atoms with Crippen molar-refractivity contribution in [3.63, 3.8) is 0 Å². The monoisotopic (exact) mass is 277 g/mol. The number of ether oxygens (including phenoxy) is 1. The van der Waals surface area contributed by atoms with E-state index in [1.165, 1.54) is 16.7 Å². The third kappa shape index (κ3) is 4.99. The molecule has 0 spiro atoms. The van der Waals surface area contributed by atoms with Crippen LogP contribution in [0.3, 0.4) is 0 Å². The average molecular weight is 277 g/mol. The Bertz CT molecular complexity index is 427. The SMILES string of the molecule is C=CCCCc1cc(O)cc2c1CC(N)C2.CCOC. The van der Waals surface area contributed by atoms with Crippen molar-refractivity contribution in [3.8, 4) is 5.75 Å². The highest BCUT2D eigenvalue weighted by Gasteiger charge is 2.21. The molecular weight excluding hydrogens is 250 g/mol. The number of methoxy groups -OCH3 is 1. The van der Waals surface area contributed by atoms with Crippen LogP contribution in [0.25, 0.3) is 0 Å². The molecule has 2 rings (SSSR count). The van der Waals surface area contributed by atoms with E-state index in [-0.39, 0.29) is 6.04 Å². The van der Waals surface area contributed by atoms with Crippen LogP contribution in [0.15, 0.2) is 24.8 Å². The smallest absolute Gasteiger partial charge is 0.116 e. The maximum atomic E-state index is 9.66. The molecule has 0 fully saturated rings. The molecule has 0 heterocycles.